The van der Waals surface area contributed by atoms with Crippen molar-refractivity contribution in [1.82, 2.24) is 14.7 Å². The number of morpholine rings is 1. The summed E-state index contributed by atoms with van der Waals surface area (Å²) >= 11 is 0. The fraction of sp³-hybridized carbons (Fsp3) is 0.471. The number of ether oxygens (including phenoxy) is 1. The number of aryl methyl sites for hydroxylation is 1. The van der Waals surface area contributed by atoms with Gasteiger partial charge >= 0.3 is 0 Å². The Labute approximate surface area is 134 Å². The van der Waals surface area contributed by atoms with Crippen LogP contribution in [0.15, 0.2) is 29.1 Å². The minimum Gasteiger partial charge on any atom is -0.375 e. The molecule has 6 heteroatoms. The molecule has 3 rings (SSSR count). The number of rotatable bonds is 2. The van der Waals surface area contributed by atoms with Gasteiger partial charge in [0.2, 0.25) is 5.91 Å². The molecule has 1 aromatic heterocycles. The van der Waals surface area contributed by atoms with E-state index in [0.717, 1.165) is 11.1 Å². The molecule has 1 aliphatic heterocycles. The summed E-state index contributed by atoms with van der Waals surface area (Å²) in [6, 6.07) is 7.35. The highest BCUT2D eigenvalue weighted by atomic mass is 16.5. The molecular weight excluding hydrogens is 294 g/mol. The SMILES string of the molecule is Cc1nn(CC(=O)N2CC(C)OCC2C)c(=O)c2ccccc12. The maximum atomic E-state index is 12.6. The minimum atomic E-state index is -0.228. The van der Waals surface area contributed by atoms with Crippen molar-refractivity contribution in [1.29, 1.82) is 0 Å². The van der Waals surface area contributed by atoms with Crippen molar-refractivity contribution in [3.05, 3.63) is 40.3 Å². The van der Waals surface area contributed by atoms with Crippen molar-refractivity contribution in [2.24, 2.45) is 0 Å². The standard InChI is InChI=1S/C17H21N3O3/c1-11-10-23-12(2)8-19(11)16(21)9-20-17(22)15-7-5-4-6-14(15)13(3)18-20/h4-7,11-12H,8-10H2,1-3H3. The molecule has 0 saturated carbocycles. The van der Waals surface area contributed by atoms with Crippen molar-refractivity contribution in [2.45, 2.75) is 39.5 Å². The summed E-state index contributed by atoms with van der Waals surface area (Å²) in [5.74, 6) is -0.100. The van der Waals surface area contributed by atoms with Gasteiger partial charge in [0.05, 0.1) is 29.8 Å². The summed E-state index contributed by atoms with van der Waals surface area (Å²) < 4.78 is 6.81. The molecule has 0 radical (unpaired) electrons. The molecule has 0 aliphatic carbocycles. The second kappa shape index (κ2) is 6.12. The molecule has 6 nitrogen and oxygen atoms in total. The summed E-state index contributed by atoms with van der Waals surface area (Å²) in [5.41, 5.74) is 0.518. The molecule has 2 aromatic rings. The normalized spacial score (nSPS) is 21.6. The molecule has 1 saturated heterocycles. The Bertz CT molecular complexity index is 799. The van der Waals surface area contributed by atoms with E-state index in [1.54, 1.807) is 11.0 Å². The maximum Gasteiger partial charge on any atom is 0.275 e. The van der Waals surface area contributed by atoms with Crippen LogP contribution in [0.4, 0.5) is 0 Å². The van der Waals surface area contributed by atoms with E-state index in [0.29, 0.717) is 18.5 Å². The van der Waals surface area contributed by atoms with E-state index in [1.807, 2.05) is 39.0 Å². The van der Waals surface area contributed by atoms with Gasteiger partial charge in [0.25, 0.3) is 5.56 Å². The first-order valence-electron chi connectivity index (χ1n) is 7.85. The van der Waals surface area contributed by atoms with Gasteiger partial charge in [0.1, 0.15) is 6.54 Å². The predicted octanol–water partition coefficient (Wildman–Crippen LogP) is 1.34. The van der Waals surface area contributed by atoms with Crippen LogP contribution in [-0.4, -0.2) is 45.9 Å². The van der Waals surface area contributed by atoms with Gasteiger partial charge in [-0.3, -0.25) is 9.59 Å². The highest BCUT2D eigenvalue weighted by Gasteiger charge is 2.28. The lowest BCUT2D eigenvalue weighted by Crippen LogP contribution is -2.51. The zero-order chi connectivity index (χ0) is 16.6. The average molecular weight is 315 g/mol. The molecule has 1 aromatic carbocycles. The van der Waals surface area contributed by atoms with E-state index in [4.69, 9.17) is 4.74 Å². The van der Waals surface area contributed by atoms with Gasteiger partial charge in [-0.2, -0.15) is 5.10 Å². The molecule has 0 spiro atoms. The predicted molar refractivity (Wildman–Crippen MR) is 87.3 cm³/mol. The molecule has 0 N–H and O–H groups in total. The largest absolute Gasteiger partial charge is 0.375 e. The van der Waals surface area contributed by atoms with Crippen LogP contribution in [-0.2, 0) is 16.1 Å². The topological polar surface area (TPSA) is 64.4 Å². The smallest absolute Gasteiger partial charge is 0.275 e. The second-order valence-electron chi connectivity index (χ2n) is 6.13. The van der Waals surface area contributed by atoms with Crippen molar-refractivity contribution in [3.63, 3.8) is 0 Å². The van der Waals surface area contributed by atoms with Gasteiger partial charge in [0, 0.05) is 11.9 Å². The third kappa shape index (κ3) is 2.99. The Hall–Kier alpha value is -2.21. The van der Waals surface area contributed by atoms with Crippen LogP contribution in [0.5, 0.6) is 0 Å². The van der Waals surface area contributed by atoms with E-state index < -0.39 is 0 Å². The summed E-state index contributed by atoms with van der Waals surface area (Å²) in [6.07, 6.45) is 0.0122. The first-order valence-corrected chi connectivity index (χ1v) is 7.85. The third-order valence-electron chi connectivity index (χ3n) is 4.27. The summed E-state index contributed by atoms with van der Waals surface area (Å²) in [7, 11) is 0. The van der Waals surface area contributed by atoms with Crippen LogP contribution in [0.3, 0.4) is 0 Å². The lowest BCUT2D eigenvalue weighted by molar-refractivity contribution is -0.144. The van der Waals surface area contributed by atoms with Crippen LogP contribution in [0, 0.1) is 6.92 Å². The van der Waals surface area contributed by atoms with E-state index >= 15 is 0 Å². The molecule has 122 valence electrons. The zero-order valence-electron chi connectivity index (χ0n) is 13.7. The highest BCUT2D eigenvalue weighted by molar-refractivity contribution is 5.83. The fourth-order valence-corrected chi connectivity index (χ4v) is 2.98. The Balaban J connectivity index is 1.91. The van der Waals surface area contributed by atoms with Crippen LogP contribution in [0.25, 0.3) is 10.8 Å². The Morgan fingerprint density at radius 3 is 2.74 bits per heavy atom. The van der Waals surface area contributed by atoms with E-state index in [2.05, 4.69) is 5.10 Å². The van der Waals surface area contributed by atoms with Crippen LogP contribution in [0.2, 0.25) is 0 Å². The van der Waals surface area contributed by atoms with Crippen LogP contribution in [0.1, 0.15) is 19.5 Å². The maximum absolute atomic E-state index is 12.6. The van der Waals surface area contributed by atoms with Gasteiger partial charge < -0.3 is 9.64 Å². The number of amides is 1. The molecule has 2 atom stereocenters. The van der Waals surface area contributed by atoms with Gasteiger partial charge in [-0.1, -0.05) is 18.2 Å². The highest BCUT2D eigenvalue weighted by Crippen LogP contribution is 2.14. The number of nitrogens with zero attached hydrogens (tertiary/aromatic N) is 3. The Morgan fingerprint density at radius 1 is 1.30 bits per heavy atom. The fourth-order valence-electron chi connectivity index (χ4n) is 2.98. The van der Waals surface area contributed by atoms with Crippen molar-refractivity contribution >= 4 is 16.7 Å². The summed E-state index contributed by atoms with van der Waals surface area (Å²) in [6.45, 7) is 6.76. The Kier molecular flexibility index (Phi) is 4.17. The molecule has 1 amide bonds. The summed E-state index contributed by atoms with van der Waals surface area (Å²) in [4.78, 5) is 26.9. The number of carbonyl (C=O) groups is 1. The quantitative estimate of drug-likeness (QED) is 0.839. The number of fused-ring (bicyclic) bond motifs is 1. The number of hydrogen-bond donors (Lipinski definition) is 0. The molecule has 1 fully saturated rings. The molecular formula is C17H21N3O3. The monoisotopic (exact) mass is 315 g/mol. The molecule has 1 aliphatic rings. The lowest BCUT2D eigenvalue weighted by atomic mass is 10.1. The van der Waals surface area contributed by atoms with E-state index in [1.165, 1.54) is 4.68 Å². The minimum absolute atomic E-state index is 0.0101. The van der Waals surface area contributed by atoms with Crippen LogP contribution < -0.4 is 5.56 Å². The first-order chi connectivity index (χ1) is 11.0. The average Bonchev–Trinajstić information content (AvgIpc) is 2.54. The first kappa shape index (κ1) is 15.7. The second-order valence-corrected chi connectivity index (χ2v) is 6.13. The van der Waals surface area contributed by atoms with E-state index in [9.17, 15) is 9.59 Å². The number of carbonyl (C=O) groups excluding carboxylic acids is 1. The molecule has 23 heavy (non-hydrogen) atoms. The number of aromatic nitrogens is 2. The zero-order valence-corrected chi connectivity index (χ0v) is 13.7. The third-order valence-corrected chi connectivity index (χ3v) is 4.27. The van der Waals surface area contributed by atoms with Gasteiger partial charge in [-0.05, 0) is 26.8 Å². The van der Waals surface area contributed by atoms with Gasteiger partial charge in [-0.25, -0.2) is 4.68 Å². The number of hydrogen-bond acceptors (Lipinski definition) is 4. The van der Waals surface area contributed by atoms with Gasteiger partial charge in [0.15, 0.2) is 0 Å². The summed E-state index contributed by atoms with van der Waals surface area (Å²) in [5, 5.41) is 5.73. The van der Waals surface area contributed by atoms with Crippen molar-refractivity contribution in [2.75, 3.05) is 13.2 Å². The van der Waals surface area contributed by atoms with E-state index in [-0.39, 0.29) is 30.2 Å². The molecule has 2 unspecified atom stereocenters. The van der Waals surface area contributed by atoms with Crippen LogP contribution >= 0.6 is 0 Å². The molecule has 2 heterocycles. The molecule has 0 bridgehead atoms. The van der Waals surface area contributed by atoms with Gasteiger partial charge in [-0.15, -0.1) is 0 Å². The van der Waals surface area contributed by atoms with Crippen molar-refractivity contribution in [3.8, 4) is 0 Å². The lowest BCUT2D eigenvalue weighted by Gasteiger charge is -2.36. The van der Waals surface area contributed by atoms with Crippen molar-refractivity contribution < 1.29 is 9.53 Å². The Morgan fingerprint density at radius 2 is 2.00 bits per heavy atom. The number of benzene rings is 1.